The first-order valence-corrected chi connectivity index (χ1v) is 10.1. The Morgan fingerprint density at radius 3 is 2.72 bits per heavy atom. The number of nitrogens with one attached hydrogen (secondary N) is 1. The molecule has 0 spiro atoms. The number of aryl methyl sites for hydroxylation is 2. The maximum absolute atomic E-state index is 13.6. The topological polar surface area (TPSA) is 95.1 Å². The lowest BCUT2D eigenvalue weighted by Gasteiger charge is -2.11. The fraction of sp³-hybridized carbons (Fsp3) is 0.217. The molecular formula is C23H22FN5O3. The Bertz CT molecular complexity index is 1220. The second kappa shape index (κ2) is 9.42. The molecule has 1 N–H and O–H groups in total. The Morgan fingerprint density at radius 1 is 1.16 bits per heavy atom. The lowest BCUT2D eigenvalue weighted by atomic mass is 10.1. The van der Waals surface area contributed by atoms with Gasteiger partial charge in [-0.3, -0.25) is 14.5 Å². The Kier molecular flexibility index (Phi) is 6.25. The van der Waals surface area contributed by atoms with Gasteiger partial charge in [0.15, 0.2) is 23.9 Å². The van der Waals surface area contributed by atoms with E-state index in [1.54, 1.807) is 29.2 Å². The largest absolute Gasteiger partial charge is 0.481 e. The van der Waals surface area contributed by atoms with Crippen LogP contribution < -0.4 is 10.1 Å². The smallest absolute Gasteiger partial charge is 0.258 e. The van der Waals surface area contributed by atoms with Crippen molar-refractivity contribution >= 4 is 5.91 Å². The minimum atomic E-state index is -0.511. The van der Waals surface area contributed by atoms with E-state index in [-0.39, 0.29) is 18.3 Å². The minimum Gasteiger partial charge on any atom is -0.481 e. The summed E-state index contributed by atoms with van der Waals surface area (Å²) in [6, 6.07) is 11.7. The van der Waals surface area contributed by atoms with Gasteiger partial charge in [0.05, 0.1) is 29.7 Å². The number of ether oxygens (including phenoxy) is 1. The second-order valence-corrected chi connectivity index (χ2v) is 7.22. The molecule has 9 heteroatoms. The van der Waals surface area contributed by atoms with Crippen molar-refractivity contribution in [2.75, 3.05) is 13.2 Å². The number of benzene rings is 1. The van der Waals surface area contributed by atoms with Crippen molar-refractivity contribution in [1.82, 2.24) is 25.2 Å². The third-order valence-corrected chi connectivity index (χ3v) is 4.76. The third-order valence-electron chi connectivity index (χ3n) is 4.76. The van der Waals surface area contributed by atoms with Gasteiger partial charge < -0.3 is 14.6 Å². The molecule has 3 aromatic heterocycles. The van der Waals surface area contributed by atoms with E-state index >= 15 is 0 Å². The highest BCUT2D eigenvalue weighted by Gasteiger charge is 2.18. The Labute approximate surface area is 184 Å². The van der Waals surface area contributed by atoms with Crippen LogP contribution in [0.1, 0.15) is 11.4 Å². The van der Waals surface area contributed by atoms with Gasteiger partial charge in [-0.2, -0.15) is 5.10 Å². The zero-order valence-corrected chi connectivity index (χ0v) is 17.7. The van der Waals surface area contributed by atoms with Crippen LogP contribution >= 0.6 is 0 Å². The zero-order valence-electron chi connectivity index (χ0n) is 17.7. The molecule has 4 rings (SSSR count). The van der Waals surface area contributed by atoms with Crippen molar-refractivity contribution in [1.29, 1.82) is 0 Å². The molecule has 0 radical (unpaired) electrons. The van der Waals surface area contributed by atoms with Gasteiger partial charge in [-0.25, -0.2) is 4.39 Å². The molecule has 1 aromatic carbocycles. The van der Waals surface area contributed by atoms with Crippen molar-refractivity contribution in [3.05, 3.63) is 72.1 Å². The summed E-state index contributed by atoms with van der Waals surface area (Å²) in [6.45, 7) is 4.20. The number of hydrogen-bond donors (Lipinski definition) is 1. The first-order valence-electron chi connectivity index (χ1n) is 10.1. The number of rotatable bonds is 8. The molecule has 1 amide bonds. The molecule has 32 heavy (non-hydrogen) atoms. The molecule has 0 aliphatic carbocycles. The minimum absolute atomic E-state index is 0.0378. The van der Waals surface area contributed by atoms with Gasteiger partial charge in [0.25, 0.3) is 5.91 Å². The van der Waals surface area contributed by atoms with Gasteiger partial charge in [0.1, 0.15) is 0 Å². The Hall–Kier alpha value is -4.01. The molecule has 0 fully saturated rings. The van der Waals surface area contributed by atoms with Crippen LogP contribution in [-0.4, -0.2) is 39.0 Å². The molecule has 0 aliphatic rings. The summed E-state index contributed by atoms with van der Waals surface area (Å²) in [4.78, 5) is 16.5. The average molecular weight is 435 g/mol. The van der Waals surface area contributed by atoms with Gasteiger partial charge in [-0.15, -0.1) is 0 Å². The van der Waals surface area contributed by atoms with Crippen LogP contribution in [0.5, 0.6) is 5.75 Å². The van der Waals surface area contributed by atoms with E-state index in [1.807, 2.05) is 32.0 Å². The standard InChI is InChI=1S/C23H22FN5O3/c1-15-7-8-17(12-26-15)23-18(21-11-16(2)28-32-21)13-27-29(23)10-9-25-22(30)14-31-20-6-4-3-5-19(20)24/h3-8,11-13H,9-10,14H2,1-2H3,(H,25,30). The number of carbonyl (C=O) groups is 1. The molecule has 0 bridgehead atoms. The molecule has 0 saturated heterocycles. The van der Waals surface area contributed by atoms with E-state index in [1.165, 1.54) is 12.1 Å². The molecule has 0 unspecified atom stereocenters. The summed E-state index contributed by atoms with van der Waals surface area (Å²) < 4.78 is 26.0. The van der Waals surface area contributed by atoms with Crippen molar-refractivity contribution in [2.24, 2.45) is 0 Å². The first kappa shape index (κ1) is 21.2. The maximum atomic E-state index is 13.6. The number of carbonyl (C=O) groups excluding carboxylic acids is 1. The van der Waals surface area contributed by atoms with E-state index < -0.39 is 5.82 Å². The summed E-state index contributed by atoms with van der Waals surface area (Å²) in [6.07, 6.45) is 3.48. The number of pyridine rings is 1. The van der Waals surface area contributed by atoms with Crippen LogP contribution in [-0.2, 0) is 11.3 Å². The van der Waals surface area contributed by atoms with Crippen LogP contribution in [0.2, 0.25) is 0 Å². The van der Waals surface area contributed by atoms with Crippen molar-refractivity contribution in [2.45, 2.75) is 20.4 Å². The Morgan fingerprint density at radius 2 is 2.00 bits per heavy atom. The van der Waals surface area contributed by atoms with E-state index in [0.717, 1.165) is 28.2 Å². The summed E-state index contributed by atoms with van der Waals surface area (Å²) in [7, 11) is 0. The summed E-state index contributed by atoms with van der Waals surface area (Å²) >= 11 is 0. The fourth-order valence-corrected chi connectivity index (χ4v) is 3.20. The molecule has 3 heterocycles. The molecule has 164 valence electrons. The van der Waals surface area contributed by atoms with Crippen LogP contribution in [0.25, 0.3) is 22.6 Å². The summed E-state index contributed by atoms with van der Waals surface area (Å²) in [5.41, 5.74) is 4.13. The lowest BCUT2D eigenvalue weighted by Crippen LogP contribution is -2.32. The summed E-state index contributed by atoms with van der Waals surface area (Å²) in [5, 5.41) is 11.2. The average Bonchev–Trinajstić information content (AvgIpc) is 3.40. The molecule has 0 atom stereocenters. The zero-order chi connectivity index (χ0) is 22.5. The molecule has 8 nitrogen and oxygen atoms in total. The van der Waals surface area contributed by atoms with Crippen molar-refractivity contribution in [3.63, 3.8) is 0 Å². The number of hydrogen-bond acceptors (Lipinski definition) is 6. The highest BCUT2D eigenvalue weighted by Crippen LogP contribution is 2.32. The molecule has 0 saturated carbocycles. The predicted octanol–water partition coefficient (Wildman–Crippen LogP) is 3.55. The number of halogens is 1. The number of aromatic nitrogens is 4. The quantitative estimate of drug-likeness (QED) is 0.455. The van der Waals surface area contributed by atoms with Gasteiger partial charge in [0.2, 0.25) is 0 Å². The second-order valence-electron chi connectivity index (χ2n) is 7.22. The van der Waals surface area contributed by atoms with Crippen LogP contribution in [0.3, 0.4) is 0 Å². The van der Waals surface area contributed by atoms with E-state index in [0.29, 0.717) is 18.8 Å². The fourth-order valence-electron chi connectivity index (χ4n) is 3.20. The highest BCUT2D eigenvalue weighted by molar-refractivity contribution is 5.78. The molecule has 4 aromatic rings. The first-order chi connectivity index (χ1) is 15.5. The SMILES string of the molecule is Cc1ccc(-c2c(-c3cc(C)no3)cnn2CCNC(=O)COc2ccccc2F)cn1. The maximum Gasteiger partial charge on any atom is 0.258 e. The van der Waals surface area contributed by atoms with E-state index in [4.69, 9.17) is 9.26 Å². The lowest BCUT2D eigenvalue weighted by molar-refractivity contribution is -0.123. The Balaban J connectivity index is 1.45. The number of para-hydroxylation sites is 1. The summed E-state index contributed by atoms with van der Waals surface area (Å²) in [5.74, 6) is -0.226. The number of nitrogens with zero attached hydrogens (tertiary/aromatic N) is 4. The normalized spacial score (nSPS) is 10.8. The highest BCUT2D eigenvalue weighted by atomic mass is 19.1. The van der Waals surface area contributed by atoms with Gasteiger partial charge in [-0.1, -0.05) is 17.3 Å². The van der Waals surface area contributed by atoms with Gasteiger partial charge in [0, 0.05) is 30.1 Å². The van der Waals surface area contributed by atoms with Crippen molar-refractivity contribution < 1.29 is 18.4 Å². The van der Waals surface area contributed by atoms with Crippen molar-refractivity contribution in [3.8, 4) is 28.3 Å². The third kappa shape index (κ3) is 4.83. The predicted molar refractivity (Wildman–Crippen MR) is 115 cm³/mol. The van der Waals surface area contributed by atoms with E-state index in [9.17, 15) is 9.18 Å². The van der Waals surface area contributed by atoms with Crippen LogP contribution in [0, 0.1) is 19.7 Å². The van der Waals surface area contributed by atoms with Crippen LogP contribution in [0.4, 0.5) is 4.39 Å². The van der Waals surface area contributed by atoms with E-state index in [2.05, 4.69) is 20.6 Å². The number of amides is 1. The van der Waals surface area contributed by atoms with Gasteiger partial charge >= 0.3 is 0 Å². The molecule has 0 aliphatic heterocycles. The monoisotopic (exact) mass is 435 g/mol. The van der Waals surface area contributed by atoms with Gasteiger partial charge in [-0.05, 0) is 38.1 Å². The van der Waals surface area contributed by atoms with Crippen LogP contribution in [0.15, 0.2) is 59.4 Å². The molecular weight excluding hydrogens is 413 g/mol.